The van der Waals surface area contributed by atoms with Gasteiger partial charge >= 0.3 is 6.18 Å². The molecule has 2 heterocycles. The Morgan fingerprint density at radius 3 is 2.62 bits per heavy atom. The first kappa shape index (κ1) is 15.8. The van der Waals surface area contributed by atoms with Crippen LogP contribution >= 0.6 is 0 Å². The van der Waals surface area contributed by atoms with Crippen molar-refractivity contribution in [2.45, 2.75) is 18.6 Å². The quantitative estimate of drug-likeness (QED) is 0.830. The third-order valence-corrected chi connectivity index (χ3v) is 4.21. The fourth-order valence-corrected chi connectivity index (χ4v) is 2.87. The second-order valence-electron chi connectivity index (χ2n) is 4.85. The third-order valence-electron chi connectivity index (χ3n) is 2.98. The standard InChI is InChI=1S/C11H14F3N3O3S/c1-17-10-8(9(16-17)11(12,13)14)4-7(21(2,18)19)3-6(15)5-20-10/h4,6H,3,5,15H2,1-2H3/b7-4+. The highest BCUT2D eigenvalue weighted by atomic mass is 32.2. The van der Waals surface area contributed by atoms with Gasteiger partial charge in [0.15, 0.2) is 15.5 Å². The van der Waals surface area contributed by atoms with Gasteiger partial charge in [0.2, 0.25) is 5.88 Å². The van der Waals surface area contributed by atoms with Gasteiger partial charge in [-0.1, -0.05) is 0 Å². The molecule has 2 rings (SSSR count). The maximum atomic E-state index is 13.0. The van der Waals surface area contributed by atoms with Gasteiger partial charge in [0.1, 0.15) is 6.61 Å². The summed E-state index contributed by atoms with van der Waals surface area (Å²) in [5.41, 5.74) is 4.13. The number of hydrogen-bond acceptors (Lipinski definition) is 5. The van der Waals surface area contributed by atoms with Gasteiger partial charge in [0.05, 0.1) is 5.56 Å². The van der Waals surface area contributed by atoms with E-state index in [-0.39, 0.29) is 23.8 Å². The second kappa shape index (κ2) is 5.02. The minimum absolute atomic E-state index is 0.0928. The average molecular weight is 325 g/mol. The van der Waals surface area contributed by atoms with Crippen molar-refractivity contribution >= 4 is 15.9 Å². The number of ether oxygens (including phenoxy) is 1. The summed E-state index contributed by atoms with van der Waals surface area (Å²) in [6, 6.07) is -0.636. The van der Waals surface area contributed by atoms with Crippen LogP contribution in [0.5, 0.6) is 5.88 Å². The van der Waals surface area contributed by atoms with Crippen molar-refractivity contribution in [3.8, 4) is 5.88 Å². The molecule has 6 nitrogen and oxygen atoms in total. The lowest BCUT2D eigenvalue weighted by Crippen LogP contribution is -2.30. The summed E-state index contributed by atoms with van der Waals surface area (Å²) in [6.45, 7) is -0.101. The van der Waals surface area contributed by atoms with Gasteiger partial charge in [-0.2, -0.15) is 18.3 Å². The number of halogens is 3. The molecule has 0 spiro atoms. The summed E-state index contributed by atoms with van der Waals surface area (Å²) in [7, 11) is -2.39. The smallest absolute Gasteiger partial charge is 0.435 e. The van der Waals surface area contributed by atoms with Crippen LogP contribution in [-0.4, -0.2) is 37.1 Å². The van der Waals surface area contributed by atoms with E-state index in [1.807, 2.05) is 0 Å². The Hall–Kier alpha value is -1.55. The number of aryl methyl sites for hydroxylation is 1. The number of rotatable bonds is 1. The molecule has 0 aliphatic carbocycles. The Balaban J connectivity index is 2.71. The summed E-state index contributed by atoms with van der Waals surface area (Å²) in [5.74, 6) is -0.154. The van der Waals surface area contributed by atoms with Crippen LogP contribution in [0, 0.1) is 0 Å². The van der Waals surface area contributed by atoms with Crippen LogP contribution in [0.25, 0.3) is 6.08 Å². The predicted octanol–water partition coefficient (Wildman–Crippen LogP) is 0.934. The molecule has 0 aromatic carbocycles. The molecular formula is C11H14F3N3O3S. The lowest BCUT2D eigenvalue weighted by molar-refractivity contribution is -0.141. The maximum absolute atomic E-state index is 13.0. The fourth-order valence-electron chi connectivity index (χ4n) is 2.02. The first-order chi connectivity index (χ1) is 9.50. The molecule has 0 bridgehead atoms. The topological polar surface area (TPSA) is 87.2 Å². The number of alkyl halides is 3. The van der Waals surface area contributed by atoms with Gasteiger partial charge in [-0.3, -0.25) is 0 Å². The van der Waals surface area contributed by atoms with E-state index in [0.717, 1.165) is 17.0 Å². The molecule has 1 aliphatic heterocycles. The minimum atomic E-state index is -4.71. The average Bonchev–Trinajstić information content (AvgIpc) is 2.57. The summed E-state index contributed by atoms with van der Waals surface area (Å²) in [6.07, 6.45) is -2.93. The predicted molar refractivity (Wildman–Crippen MR) is 69.1 cm³/mol. The van der Waals surface area contributed by atoms with E-state index in [1.165, 1.54) is 7.05 Å². The highest BCUT2D eigenvalue weighted by molar-refractivity contribution is 7.94. The van der Waals surface area contributed by atoms with Gasteiger partial charge < -0.3 is 10.5 Å². The highest BCUT2D eigenvalue weighted by Crippen LogP contribution is 2.38. The van der Waals surface area contributed by atoms with E-state index in [1.54, 1.807) is 0 Å². The van der Waals surface area contributed by atoms with Crippen LogP contribution in [0.3, 0.4) is 0 Å². The molecule has 0 saturated carbocycles. The van der Waals surface area contributed by atoms with Crippen molar-refractivity contribution in [3.05, 3.63) is 16.2 Å². The number of nitrogens with zero attached hydrogens (tertiary/aromatic N) is 2. The van der Waals surface area contributed by atoms with Gasteiger partial charge in [0, 0.05) is 30.7 Å². The zero-order valence-corrected chi connectivity index (χ0v) is 12.1. The van der Waals surface area contributed by atoms with E-state index in [9.17, 15) is 21.6 Å². The van der Waals surface area contributed by atoms with Crippen LogP contribution in [0.4, 0.5) is 13.2 Å². The lowest BCUT2D eigenvalue weighted by atomic mass is 10.1. The lowest BCUT2D eigenvalue weighted by Gasteiger charge is -2.18. The van der Waals surface area contributed by atoms with Crippen molar-refractivity contribution < 1.29 is 26.3 Å². The Morgan fingerprint density at radius 1 is 1.48 bits per heavy atom. The number of nitrogens with two attached hydrogens (primary N) is 1. The minimum Gasteiger partial charge on any atom is -0.476 e. The van der Waals surface area contributed by atoms with Gasteiger partial charge in [0.25, 0.3) is 0 Å². The molecule has 0 fully saturated rings. The number of aromatic nitrogens is 2. The van der Waals surface area contributed by atoms with Crippen LogP contribution < -0.4 is 10.5 Å². The molecular weight excluding hydrogens is 311 g/mol. The molecule has 1 aliphatic rings. The number of sulfone groups is 1. The molecule has 1 atom stereocenters. The van der Waals surface area contributed by atoms with Crippen molar-refractivity contribution in [1.29, 1.82) is 0 Å². The molecule has 2 N–H and O–H groups in total. The van der Waals surface area contributed by atoms with Crippen LogP contribution in [0.2, 0.25) is 0 Å². The molecule has 21 heavy (non-hydrogen) atoms. The van der Waals surface area contributed by atoms with Crippen molar-refractivity contribution in [1.82, 2.24) is 9.78 Å². The Morgan fingerprint density at radius 2 is 2.10 bits per heavy atom. The monoisotopic (exact) mass is 325 g/mol. The van der Waals surface area contributed by atoms with Crippen LogP contribution in [0.15, 0.2) is 4.91 Å². The van der Waals surface area contributed by atoms with E-state index in [4.69, 9.17) is 10.5 Å². The molecule has 0 amide bonds. The van der Waals surface area contributed by atoms with E-state index < -0.39 is 33.3 Å². The normalized spacial score (nSPS) is 22.6. The third kappa shape index (κ3) is 3.21. The number of fused-ring (bicyclic) bond motifs is 1. The molecule has 0 radical (unpaired) electrons. The second-order valence-corrected chi connectivity index (χ2v) is 6.92. The molecule has 0 saturated heterocycles. The zero-order valence-electron chi connectivity index (χ0n) is 11.3. The summed E-state index contributed by atoms with van der Waals surface area (Å²) < 4.78 is 68.5. The first-order valence-electron chi connectivity index (χ1n) is 5.93. The van der Waals surface area contributed by atoms with Gasteiger partial charge in [-0.25, -0.2) is 13.1 Å². The highest BCUT2D eigenvalue weighted by Gasteiger charge is 2.40. The summed E-state index contributed by atoms with van der Waals surface area (Å²) >= 11 is 0. The molecule has 1 aromatic heterocycles. The summed E-state index contributed by atoms with van der Waals surface area (Å²) in [4.78, 5) is -0.168. The Kier molecular flexibility index (Phi) is 3.79. The largest absolute Gasteiger partial charge is 0.476 e. The molecule has 118 valence electrons. The van der Waals surface area contributed by atoms with Crippen molar-refractivity contribution in [2.75, 3.05) is 12.9 Å². The van der Waals surface area contributed by atoms with Crippen molar-refractivity contribution in [3.63, 3.8) is 0 Å². The molecule has 1 aromatic rings. The van der Waals surface area contributed by atoms with E-state index in [0.29, 0.717) is 0 Å². The van der Waals surface area contributed by atoms with Crippen LogP contribution in [-0.2, 0) is 23.1 Å². The van der Waals surface area contributed by atoms with Crippen molar-refractivity contribution in [2.24, 2.45) is 12.8 Å². The zero-order chi connectivity index (χ0) is 16.0. The Labute approximate surface area is 119 Å². The van der Waals surface area contributed by atoms with E-state index >= 15 is 0 Å². The fraction of sp³-hybridized carbons (Fsp3) is 0.545. The van der Waals surface area contributed by atoms with Gasteiger partial charge in [-0.15, -0.1) is 0 Å². The molecule has 10 heteroatoms. The van der Waals surface area contributed by atoms with Gasteiger partial charge in [-0.05, 0) is 6.08 Å². The number of hydrogen-bond donors (Lipinski definition) is 1. The first-order valence-corrected chi connectivity index (χ1v) is 7.82. The van der Waals surface area contributed by atoms with Crippen LogP contribution in [0.1, 0.15) is 17.7 Å². The SMILES string of the molecule is Cn1nc(C(F)(F)F)c2c1OCC(N)C/C(S(C)(=O)=O)=C\2. The maximum Gasteiger partial charge on any atom is 0.435 e. The molecule has 1 unspecified atom stereocenters. The summed E-state index contributed by atoms with van der Waals surface area (Å²) in [5, 5.41) is 3.37. The van der Waals surface area contributed by atoms with E-state index in [2.05, 4.69) is 5.10 Å². The Bertz CT molecular complexity index is 692.